The van der Waals surface area contributed by atoms with E-state index in [1.807, 2.05) is 0 Å². The van der Waals surface area contributed by atoms with E-state index >= 15 is 0 Å². The molecule has 0 aliphatic heterocycles. The molecule has 8 heteroatoms. The molecule has 5 nitrogen and oxygen atoms in total. The molecule has 2 aromatic heterocycles. The van der Waals surface area contributed by atoms with E-state index in [-0.39, 0.29) is 18.6 Å². The summed E-state index contributed by atoms with van der Waals surface area (Å²) in [4.78, 5) is 11.8. The van der Waals surface area contributed by atoms with Crippen molar-refractivity contribution in [3.63, 3.8) is 0 Å². The van der Waals surface area contributed by atoms with Gasteiger partial charge in [-0.05, 0) is 6.07 Å². The number of hydrogen-bond donors (Lipinski definition) is 1. The maximum atomic E-state index is 11.9. The average molecular weight is 260 g/mol. The van der Waals surface area contributed by atoms with Crippen LogP contribution in [0.2, 0.25) is 0 Å². The molecular formula is C10H11F3N4O. The molecule has 2 heterocycles. The molecule has 2 rings (SSSR count). The summed E-state index contributed by atoms with van der Waals surface area (Å²) in [6.45, 7) is -0.809. The van der Waals surface area contributed by atoms with E-state index in [0.717, 1.165) is 0 Å². The first-order valence-electron chi connectivity index (χ1n) is 5.28. The molecule has 0 amide bonds. The zero-order chi connectivity index (χ0) is 13.2. The Balaban J connectivity index is 2.00. The minimum atomic E-state index is -4.24. The molecule has 0 saturated carbocycles. The Kier molecular flexibility index (Phi) is 3.37. The van der Waals surface area contributed by atoms with E-state index in [9.17, 15) is 18.0 Å². The quantitative estimate of drug-likeness (QED) is 0.821. The van der Waals surface area contributed by atoms with E-state index in [1.165, 1.54) is 21.5 Å². The highest BCUT2D eigenvalue weighted by Gasteiger charge is 2.25. The van der Waals surface area contributed by atoms with Gasteiger partial charge < -0.3 is 9.88 Å². The Labute approximate surface area is 99.8 Å². The highest BCUT2D eigenvalue weighted by Crippen LogP contribution is 2.11. The van der Waals surface area contributed by atoms with Gasteiger partial charge in [-0.1, -0.05) is 0 Å². The number of fused-ring (bicyclic) bond motifs is 1. The Morgan fingerprint density at radius 2 is 2.11 bits per heavy atom. The third-order valence-corrected chi connectivity index (χ3v) is 2.39. The monoisotopic (exact) mass is 260 g/mol. The van der Waals surface area contributed by atoms with Gasteiger partial charge in [-0.3, -0.25) is 4.79 Å². The third kappa shape index (κ3) is 2.89. The van der Waals surface area contributed by atoms with Gasteiger partial charge in [0, 0.05) is 25.5 Å². The van der Waals surface area contributed by atoms with Gasteiger partial charge in [0.05, 0.1) is 12.7 Å². The molecule has 0 aliphatic carbocycles. The molecule has 0 bridgehead atoms. The lowest BCUT2D eigenvalue weighted by Gasteiger charge is -2.09. The van der Waals surface area contributed by atoms with Crippen LogP contribution in [0.25, 0.3) is 5.52 Å². The molecule has 1 N–H and O–H groups in total. The van der Waals surface area contributed by atoms with E-state index < -0.39 is 12.7 Å². The third-order valence-electron chi connectivity index (χ3n) is 2.39. The zero-order valence-electron chi connectivity index (χ0n) is 9.31. The first-order valence-corrected chi connectivity index (χ1v) is 5.28. The Hall–Kier alpha value is -1.83. The zero-order valence-corrected chi connectivity index (χ0v) is 9.31. The molecule has 0 aromatic carbocycles. The number of aromatic nitrogens is 3. The fourth-order valence-electron chi connectivity index (χ4n) is 1.57. The van der Waals surface area contributed by atoms with Crippen molar-refractivity contribution in [1.29, 1.82) is 0 Å². The number of halogens is 3. The van der Waals surface area contributed by atoms with E-state index in [0.29, 0.717) is 5.52 Å². The summed E-state index contributed by atoms with van der Waals surface area (Å²) in [6.07, 6.45) is 0.335. The van der Waals surface area contributed by atoms with Crippen LogP contribution in [0.3, 0.4) is 0 Å². The number of nitrogens with one attached hydrogen (secondary N) is 1. The van der Waals surface area contributed by atoms with Crippen LogP contribution >= 0.6 is 0 Å². The predicted molar refractivity (Wildman–Crippen MR) is 58.4 cm³/mol. The van der Waals surface area contributed by atoms with Crippen LogP contribution in [-0.4, -0.2) is 33.4 Å². The number of nitrogens with zero attached hydrogens (tertiary/aromatic N) is 3. The predicted octanol–water partition coefficient (Wildman–Crippen LogP) is 0.648. The standard InChI is InChI=1S/C10H11F3N4O/c11-10(12,13)7-14-3-4-16-5-6-17-8(9(16)18)1-2-15-17/h1-2,5-6,14H,3-4,7H2. The SMILES string of the molecule is O=c1c2ccnn2ccn1CCNCC(F)(F)F. The molecular weight excluding hydrogens is 249 g/mol. The normalized spacial score (nSPS) is 12.2. The lowest BCUT2D eigenvalue weighted by Crippen LogP contribution is -2.33. The maximum absolute atomic E-state index is 11.9. The van der Waals surface area contributed by atoms with Gasteiger partial charge in [0.25, 0.3) is 5.56 Å². The van der Waals surface area contributed by atoms with Crippen LogP contribution in [-0.2, 0) is 6.54 Å². The Bertz CT molecular complexity index is 587. The molecule has 0 atom stereocenters. The molecule has 18 heavy (non-hydrogen) atoms. The summed E-state index contributed by atoms with van der Waals surface area (Å²) >= 11 is 0. The van der Waals surface area contributed by atoms with Crippen molar-refractivity contribution in [1.82, 2.24) is 19.5 Å². The first kappa shape index (κ1) is 12.6. The summed E-state index contributed by atoms with van der Waals surface area (Å²) in [5.41, 5.74) is 0.122. The number of alkyl halides is 3. The van der Waals surface area contributed by atoms with Gasteiger partial charge in [-0.15, -0.1) is 0 Å². The van der Waals surface area contributed by atoms with Crippen molar-refractivity contribution in [2.24, 2.45) is 0 Å². The maximum Gasteiger partial charge on any atom is 0.401 e. The molecule has 0 spiro atoms. The van der Waals surface area contributed by atoms with E-state index in [2.05, 4.69) is 10.4 Å². The minimum Gasteiger partial charge on any atom is -0.311 e. The van der Waals surface area contributed by atoms with Gasteiger partial charge in [0.15, 0.2) is 0 Å². The first-order chi connectivity index (χ1) is 8.47. The summed E-state index contributed by atoms with van der Waals surface area (Å²) in [7, 11) is 0. The molecule has 0 fully saturated rings. The van der Waals surface area contributed by atoms with Crippen molar-refractivity contribution in [3.8, 4) is 0 Å². The highest BCUT2D eigenvalue weighted by molar-refractivity contribution is 5.42. The van der Waals surface area contributed by atoms with Crippen LogP contribution in [0.5, 0.6) is 0 Å². The Morgan fingerprint density at radius 3 is 2.83 bits per heavy atom. The van der Waals surface area contributed by atoms with Gasteiger partial charge in [0.2, 0.25) is 0 Å². The summed E-state index contributed by atoms with van der Waals surface area (Å²) in [5, 5.41) is 6.12. The van der Waals surface area contributed by atoms with Crippen LogP contribution < -0.4 is 10.9 Å². The van der Waals surface area contributed by atoms with Crippen LogP contribution in [0.1, 0.15) is 0 Å². The Morgan fingerprint density at radius 1 is 1.33 bits per heavy atom. The van der Waals surface area contributed by atoms with Crippen molar-refractivity contribution in [2.45, 2.75) is 12.7 Å². The molecule has 98 valence electrons. The van der Waals surface area contributed by atoms with Gasteiger partial charge in [-0.2, -0.15) is 18.3 Å². The van der Waals surface area contributed by atoms with Crippen LogP contribution in [0.15, 0.2) is 29.5 Å². The molecule has 0 aliphatic rings. The molecule has 0 saturated heterocycles. The number of hydrogen-bond acceptors (Lipinski definition) is 3. The van der Waals surface area contributed by atoms with E-state index in [4.69, 9.17) is 0 Å². The van der Waals surface area contributed by atoms with Crippen molar-refractivity contribution in [2.75, 3.05) is 13.1 Å². The molecule has 0 unspecified atom stereocenters. The highest BCUT2D eigenvalue weighted by atomic mass is 19.4. The second-order valence-corrected chi connectivity index (χ2v) is 3.75. The molecule has 0 radical (unpaired) electrons. The summed E-state index contributed by atoms with van der Waals surface area (Å²) in [5.74, 6) is 0. The fraction of sp³-hybridized carbons (Fsp3) is 0.400. The van der Waals surface area contributed by atoms with Crippen LogP contribution in [0.4, 0.5) is 13.2 Å². The van der Waals surface area contributed by atoms with Crippen molar-refractivity contribution >= 4 is 5.52 Å². The second-order valence-electron chi connectivity index (χ2n) is 3.75. The van der Waals surface area contributed by atoms with Gasteiger partial charge >= 0.3 is 6.18 Å². The summed E-state index contributed by atoms with van der Waals surface area (Å²) < 4.78 is 38.4. The van der Waals surface area contributed by atoms with Crippen LogP contribution in [0, 0.1) is 0 Å². The largest absolute Gasteiger partial charge is 0.401 e. The smallest absolute Gasteiger partial charge is 0.311 e. The lowest BCUT2D eigenvalue weighted by atomic mass is 10.4. The number of rotatable bonds is 4. The van der Waals surface area contributed by atoms with Crippen molar-refractivity contribution in [3.05, 3.63) is 35.0 Å². The fourth-order valence-corrected chi connectivity index (χ4v) is 1.57. The minimum absolute atomic E-state index is 0.0731. The molecule has 2 aromatic rings. The average Bonchev–Trinajstić information content (AvgIpc) is 2.74. The van der Waals surface area contributed by atoms with Crippen molar-refractivity contribution < 1.29 is 13.2 Å². The van der Waals surface area contributed by atoms with Gasteiger partial charge in [0.1, 0.15) is 5.52 Å². The van der Waals surface area contributed by atoms with Gasteiger partial charge in [-0.25, -0.2) is 4.52 Å². The lowest BCUT2D eigenvalue weighted by molar-refractivity contribution is -0.124. The summed E-state index contributed by atoms with van der Waals surface area (Å²) in [6, 6.07) is 1.56. The topological polar surface area (TPSA) is 51.3 Å². The second kappa shape index (κ2) is 4.81. The van der Waals surface area contributed by atoms with E-state index in [1.54, 1.807) is 12.3 Å².